The van der Waals surface area contributed by atoms with Crippen molar-refractivity contribution in [3.63, 3.8) is 0 Å². The maximum Gasteiger partial charge on any atom is 0.119 e. The van der Waals surface area contributed by atoms with Crippen molar-refractivity contribution in [2.24, 2.45) is 0 Å². The Bertz CT molecular complexity index is 204. The summed E-state index contributed by atoms with van der Waals surface area (Å²) < 4.78 is 0. The van der Waals surface area contributed by atoms with Crippen LogP contribution >= 0.6 is 0 Å². The quantitative estimate of drug-likeness (QED) is 0.258. The summed E-state index contributed by atoms with van der Waals surface area (Å²) in [6, 6.07) is 0. The second-order valence-electron chi connectivity index (χ2n) is 4.48. The van der Waals surface area contributed by atoms with Crippen LogP contribution in [0.3, 0.4) is 0 Å². The van der Waals surface area contributed by atoms with Gasteiger partial charge in [0, 0.05) is 6.42 Å². The molecular weight excluding hydrogens is 208 g/mol. The minimum Gasteiger partial charge on any atom is -0.303 e. The molecule has 0 saturated carbocycles. The predicted octanol–water partition coefficient (Wildman–Crippen LogP) is 5.22. The molecule has 0 amide bonds. The molecule has 0 radical (unpaired) electrons. The van der Waals surface area contributed by atoms with Crippen LogP contribution in [0.25, 0.3) is 0 Å². The highest BCUT2D eigenvalue weighted by Gasteiger charge is 1.90. The van der Waals surface area contributed by atoms with E-state index in [0.29, 0.717) is 0 Å². The fraction of sp³-hybridized carbons (Fsp3) is 0.688. The van der Waals surface area contributed by atoms with Gasteiger partial charge in [0.15, 0.2) is 0 Å². The second-order valence-corrected chi connectivity index (χ2v) is 4.48. The van der Waals surface area contributed by atoms with Crippen LogP contribution in [0.15, 0.2) is 24.3 Å². The summed E-state index contributed by atoms with van der Waals surface area (Å²) in [5.41, 5.74) is 0. The molecule has 0 aliphatic heterocycles. The van der Waals surface area contributed by atoms with Gasteiger partial charge in [-0.15, -0.1) is 0 Å². The van der Waals surface area contributed by atoms with Crippen molar-refractivity contribution in [1.29, 1.82) is 0 Å². The fourth-order valence-electron chi connectivity index (χ4n) is 1.76. The van der Waals surface area contributed by atoms with Gasteiger partial charge < -0.3 is 4.79 Å². The number of unbranched alkanes of at least 4 members (excludes halogenated alkanes) is 8. The Labute approximate surface area is 107 Å². The highest BCUT2D eigenvalue weighted by atomic mass is 16.1. The Hall–Kier alpha value is -0.850. The third-order valence-electron chi connectivity index (χ3n) is 2.81. The van der Waals surface area contributed by atoms with Gasteiger partial charge in [-0.25, -0.2) is 0 Å². The van der Waals surface area contributed by atoms with Gasteiger partial charge in [0.25, 0.3) is 0 Å². The van der Waals surface area contributed by atoms with Gasteiger partial charge in [0.05, 0.1) is 0 Å². The molecule has 0 bridgehead atoms. The maximum atomic E-state index is 10.1. The highest BCUT2D eigenvalue weighted by Crippen LogP contribution is 2.09. The zero-order chi connectivity index (χ0) is 12.6. The molecule has 0 aliphatic rings. The largest absolute Gasteiger partial charge is 0.303 e. The number of hydrogen-bond acceptors (Lipinski definition) is 1. The molecule has 0 aromatic heterocycles. The first-order valence-corrected chi connectivity index (χ1v) is 7.17. The van der Waals surface area contributed by atoms with Crippen LogP contribution in [0.2, 0.25) is 0 Å². The smallest absolute Gasteiger partial charge is 0.119 e. The SMILES string of the molecule is CCC=CC=CCCCCCCCCCC=O. The normalized spacial score (nSPS) is 11.6. The first-order valence-electron chi connectivity index (χ1n) is 7.17. The van der Waals surface area contributed by atoms with Crippen LogP contribution in [0.4, 0.5) is 0 Å². The third-order valence-corrected chi connectivity index (χ3v) is 2.81. The number of aldehydes is 1. The van der Waals surface area contributed by atoms with E-state index in [-0.39, 0.29) is 0 Å². The van der Waals surface area contributed by atoms with Gasteiger partial charge in [0.1, 0.15) is 6.29 Å². The highest BCUT2D eigenvalue weighted by molar-refractivity contribution is 5.48. The summed E-state index contributed by atoms with van der Waals surface area (Å²) >= 11 is 0. The van der Waals surface area contributed by atoms with Crippen LogP contribution in [0, 0.1) is 0 Å². The molecule has 0 N–H and O–H groups in total. The average Bonchev–Trinajstić information content (AvgIpc) is 2.35. The number of allylic oxidation sites excluding steroid dienone is 4. The number of carbonyl (C=O) groups excluding carboxylic acids is 1. The van der Waals surface area contributed by atoms with Crippen molar-refractivity contribution in [3.05, 3.63) is 24.3 Å². The molecule has 0 aliphatic carbocycles. The molecule has 0 fully saturated rings. The lowest BCUT2D eigenvalue weighted by atomic mass is 10.1. The number of hydrogen-bond donors (Lipinski definition) is 0. The van der Waals surface area contributed by atoms with Crippen molar-refractivity contribution in [3.8, 4) is 0 Å². The molecule has 0 saturated heterocycles. The lowest BCUT2D eigenvalue weighted by Crippen LogP contribution is -1.81. The van der Waals surface area contributed by atoms with Crippen LogP contribution in [-0.4, -0.2) is 6.29 Å². The van der Waals surface area contributed by atoms with Gasteiger partial charge in [-0.2, -0.15) is 0 Å². The monoisotopic (exact) mass is 236 g/mol. The van der Waals surface area contributed by atoms with Crippen LogP contribution in [0.5, 0.6) is 0 Å². The summed E-state index contributed by atoms with van der Waals surface area (Å²) in [6.07, 6.45) is 21.8. The molecule has 17 heavy (non-hydrogen) atoms. The van der Waals surface area contributed by atoms with Crippen LogP contribution < -0.4 is 0 Å². The number of rotatable bonds is 12. The topological polar surface area (TPSA) is 17.1 Å². The maximum absolute atomic E-state index is 10.1. The molecule has 1 heteroatoms. The van der Waals surface area contributed by atoms with E-state index in [9.17, 15) is 4.79 Å². The molecular formula is C16H28O. The summed E-state index contributed by atoms with van der Waals surface area (Å²) in [5, 5.41) is 0. The fourth-order valence-corrected chi connectivity index (χ4v) is 1.76. The Morgan fingerprint density at radius 3 is 1.82 bits per heavy atom. The number of carbonyl (C=O) groups is 1. The van der Waals surface area contributed by atoms with E-state index in [0.717, 1.165) is 25.5 Å². The van der Waals surface area contributed by atoms with Gasteiger partial charge >= 0.3 is 0 Å². The van der Waals surface area contributed by atoms with E-state index >= 15 is 0 Å². The Balaban J connectivity index is 3.05. The summed E-state index contributed by atoms with van der Waals surface area (Å²) in [6.45, 7) is 2.15. The lowest BCUT2D eigenvalue weighted by Gasteiger charge is -1.99. The molecule has 0 aromatic rings. The Morgan fingerprint density at radius 2 is 1.24 bits per heavy atom. The van der Waals surface area contributed by atoms with Crippen molar-refractivity contribution in [2.75, 3.05) is 0 Å². The Morgan fingerprint density at radius 1 is 0.706 bits per heavy atom. The van der Waals surface area contributed by atoms with Crippen molar-refractivity contribution in [1.82, 2.24) is 0 Å². The molecule has 0 unspecified atom stereocenters. The molecule has 1 nitrogen and oxygen atoms in total. The first-order chi connectivity index (χ1) is 8.41. The average molecular weight is 236 g/mol. The minimum absolute atomic E-state index is 0.746. The lowest BCUT2D eigenvalue weighted by molar-refractivity contribution is -0.107. The van der Waals surface area contributed by atoms with Gasteiger partial charge in [-0.3, -0.25) is 0 Å². The molecule has 98 valence electrons. The van der Waals surface area contributed by atoms with Crippen molar-refractivity contribution < 1.29 is 4.79 Å². The van der Waals surface area contributed by atoms with E-state index in [1.807, 2.05) is 0 Å². The summed E-state index contributed by atoms with van der Waals surface area (Å²) in [5.74, 6) is 0. The van der Waals surface area contributed by atoms with Crippen molar-refractivity contribution >= 4 is 6.29 Å². The third kappa shape index (κ3) is 15.1. The van der Waals surface area contributed by atoms with E-state index in [4.69, 9.17) is 0 Å². The molecule has 0 spiro atoms. The van der Waals surface area contributed by atoms with E-state index in [2.05, 4.69) is 31.2 Å². The van der Waals surface area contributed by atoms with E-state index < -0.39 is 0 Å². The molecule has 0 heterocycles. The van der Waals surface area contributed by atoms with Gasteiger partial charge in [-0.05, 0) is 25.7 Å². The zero-order valence-electron chi connectivity index (χ0n) is 11.4. The molecule has 0 atom stereocenters. The van der Waals surface area contributed by atoms with Crippen LogP contribution in [0.1, 0.15) is 71.1 Å². The van der Waals surface area contributed by atoms with Crippen LogP contribution in [-0.2, 0) is 4.79 Å². The molecule has 0 aromatic carbocycles. The van der Waals surface area contributed by atoms with Gasteiger partial charge in [-0.1, -0.05) is 63.3 Å². The second kappa shape index (κ2) is 15.1. The summed E-state index contributed by atoms with van der Waals surface area (Å²) in [7, 11) is 0. The molecule has 0 rings (SSSR count). The Kier molecular flexibility index (Phi) is 14.4. The van der Waals surface area contributed by atoms with E-state index in [1.165, 1.54) is 44.9 Å². The predicted molar refractivity (Wildman–Crippen MR) is 76.2 cm³/mol. The van der Waals surface area contributed by atoms with E-state index in [1.54, 1.807) is 0 Å². The van der Waals surface area contributed by atoms with Gasteiger partial charge in [0.2, 0.25) is 0 Å². The summed E-state index contributed by atoms with van der Waals surface area (Å²) in [4.78, 5) is 10.1. The zero-order valence-corrected chi connectivity index (χ0v) is 11.4. The standard InChI is InChI=1S/C16H28O/c1-2-3-4-5-6-7-8-9-10-11-12-13-14-15-16-17/h3-6,16H,2,7-15H2,1H3. The minimum atomic E-state index is 0.746. The first kappa shape index (κ1) is 16.1. The van der Waals surface area contributed by atoms with Crippen molar-refractivity contribution in [2.45, 2.75) is 71.1 Å².